The van der Waals surface area contributed by atoms with Gasteiger partial charge in [-0.2, -0.15) is 9.65 Å². The smallest absolute Gasteiger partial charge is 0.309 e. The Kier molecular flexibility index (Phi) is 7.86. The number of nitrogens with zero attached hydrogens (tertiary/aromatic N) is 1. The zero-order valence-electron chi connectivity index (χ0n) is 17.4. The summed E-state index contributed by atoms with van der Waals surface area (Å²) in [5.41, 5.74) is 2.81. The molecule has 0 spiro atoms. The fourth-order valence-electron chi connectivity index (χ4n) is 4.79. The molecule has 3 nitrogen and oxygen atoms in total. The number of benzene rings is 1. The molecule has 4 heteroatoms. The number of carbonyl (C=O) groups excluding carboxylic acids is 1. The summed E-state index contributed by atoms with van der Waals surface area (Å²) in [7, 11) is 0. The van der Waals surface area contributed by atoms with Gasteiger partial charge in [0.2, 0.25) is 0 Å². The van der Waals surface area contributed by atoms with E-state index in [-0.39, 0.29) is 23.9 Å². The molecule has 0 N–H and O–H groups in total. The van der Waals surface area contributed by atoms with Crippen molar-refractivity contribution in [1.82, 2.24) is 0 Å². The minimum atomic E-state index is -0.715. The van der Waals surface area contributed by atoms with Gasteiger partial charge in [0, 0.05) is 0 Å². The average molecular weight is 398 g/mol. The highest BCUT2D eigenvalue weighted by Crippen LogP contribution is 2.36. The fraction of sp³-hybridized carbons (Fsp3) is 0.600. The Morgan fingerprint density at radius 1 is 1.10 bits per heavy atom. The molecule has 0 atom stereocenters. The third kappa shape index (κ3) is 6.16. The van der Waals surface area contributed by atoms with Crippen LogP contribution in [0.1, 0.15) is 81.8 Å². The molecule has 0 aliphatic heterocycles. The zero-order valence-corrected chi connectivity index (χ0v) is 17.4. The summed E-state index contributed by atoms with van der Waals surface area (Å²) in [5, 5.41) is 8.55. The minimum absolute atomic E-state index is 0.0340. The molecular weight excluding hydrogens is 365 g/mol. The third-order valence-corrected chi connectivity index (χ3v) is 6.54. The van der Waals surface area contributed by atoms with Crippen molar-refractivity contribution in [3.05, 3.63) is 47.3 Å². The van der Waals surface area contributed by atoms with E-state index in [9.17, 15) is 9.18 Å². The van der Waals surface area contributed by atoms with Gasteiger partial charge in [-0.25, -0.2) is 0 Å². The molecule has 29 heavy (non-hydrogen) atoms. The number of halogens is 1. The summed E-state index contributed by atoms with van der Waals surface area (Å²) in [4.78, 5) is 12.5. The summed E-state index contributed by atoms with van der Waals surface area (Å²) in [6.45, 7) is 2.20. The van der Waals surface area contributed by atoms with Crippen molar-refractivity contribution in [3.8, 4) is 6.07 Å². The van der Waals surface area contributed by atoms with Crippen LogP contribution in [0, 0.1) is 23.2 Å². The van der Waals surface area contributed by atoms with Gasteiger partial charge in [-0.15, -0.1) is 0 Å². The van der Waals surface area contributed by atoms with Gasteiger partial charge >= 0.3 is 5.97 Å². The van der Waals surface area contributed by atoms with Crippen molar-refractivity contribution in [2.45, 2.75) is 83.2 Å². The number of nitriles is 1. The summed E-state index contributed by atoms with van der Waals surface area (Å²) in [6, 6.07) is 10.6. The van der Waals surface area contributed by atoms with E-state index in [4.69, 9.17) is 10.00 Å². The van der Waals surface area contributed by atoms with E-state index in [1.807, 2.05) is 0 Å². The predicted octanol–water partition coefficient (Wildman–Crippen LogP) is 6.39. The predicted molar refractivity (Wildman–Crippen MR) is 112 cm³/mol. The van der Waals surface area contributed by atoms with Crippen LogP contribution in [0.3, 0.4) is 0 Å². The maximum atomic E-state index is 13.1. The van der Waals surface area contributed by atoms with Crippen LogP contribution in [0.25, 0.3) is 0 Å². The van der Waals surface area contributed by atoms with Crippen molar-refractivity contribution in [1.29, 1.82) is 5.26 Å². The number of rotatable bonds is 6. The Bertz CT molecular complexity index is 733. The molecule has 3 rings (SSSR count). The first kappa shape index (κ1) is 21.6. The molecule has 0 aromatic heterocycles. The molecule has 2 aliphatic rings. The number of aryl methyl sites for hydroxylation is 1. The standard InChI is InChI=1S/C25H32FNO2/c1-2-3-18-4-8-20(9-5-18)21-12-14-24(15-13-21)29-25(28)22-10-6-19(7-11-22)16-23(26)17-27/h4-5,8-9,16,19,21-22,24H,2-3,6-7,10-15H2,1H3/b23-16+. The minimum Gasteiger partial charge on any atom is -0.462 e. The van der Waals surface area contributed by atoms with Crippen molar-refractivity contribution < 1.29 is 13.9 Å². The summed E-state index contributed by atoms with van der Waals surface area (Å²) in [5.74, 6) is -0.238. The van der Waals surface area contributed by atoms with Crippen LogP contribution >= 0.6 is 0 Å². The van der Waals surface area contributed by atoms with Gasteiger partial charge in [0.05, 0.1) is 5.92 Å². The first-order valence-corrected chi connectivity index (χ1v) is 11.2. The molecule has 0 unspecified atom stereocenters. The highest BCUT2D eigenvalue weighted by Gasteiger charge is 2.30. The van der Waals surface area contributed by atoms with Crippen LogP contribution in [0.4, 0.5) is 4.39 Å². The highest BCUT2D eigenvalue weighted by atomic mass is 19.1. The van der Waals surface area contributed by atoms with E-state index in [1.54, 1.807) is 0 Å². The van der Waals surface area contributed by atoms with E-state index in [0.29, 0.717) is 5.92 Å². The molecule has 156 valence electrons. The molecule has 0 heterocycles. The van der Waals surface area contributed by atoms with E-state index >= 15 is 0 Å². The monoisotopic (exact) mass is 397 g/mol. The first-order valence-electron chi connectivity index (χ1n) is 11.2. The number of hydrogen-bond acceptors (Lipinski definition) is 3. The van der Waals surface area contributed by atoms with E-state index in [0.717, 1.165) is 57.8 Å². The number of ether oxygens (including phenoxy) is 1. The number of allylic oxidation sites excluding steroid dienone is 2. The van der Waals surface area contributed by atoms with E-state index in [2.05, 4.69) is 31.2 Å². The summed E-state index contributed by atoms with van der Waals surface area (Å²) < 4.78 is 18.9. The molecule has 2 aliphatic carbocycles. The number of carbonyl (C=O) groups is 1. The lowest BCUT2D eigenvalue weighted by Crippen LogP contribution is -2.29. The van der Waals surface area contributed by atoms with E-state index < -0.39 is 5.83 Å². The fourth-order valence-corrected chi connectivity index (χ4v) is 4.79. The molecule has 0 amide bonds. The lowest BCUT2D eigenvalue weighted by atomic mass is 9.81. The zero-order chi connectivity index (χ0) is 20.6. The second kappa shape index (κ2) is 10.6. The highest BCUT2D eigenvalue weighted by molar-refractivity contribution is 5.72. The molecule has 0 radical (unpaired) electrons. The molecule has 1 aromatic rings. The SMILES string of the molecule is CCCc1ccc(C2CCC(OC(=O)C3CCC(/C=C(/F)C#N)CC3)CC2)cc1. The Labute approximate surface area is 173 Å². The first-order chi connectivity index (χ1) is 14.1. The Morgan fingerprint density at radius 2 is 1.76 bits per heavy atom. The quantitative estimate of drug-likeness (QED) is 0.413. The summed E-state index contributed by atoms with van der Waals surface area (Å²) >= 11 is 0. The van der Waals surface area contributed by atoms with Crippen LogP contribution in [0.2, 0.25) is 0 Å². The van der Waals surface area contributed by atoms with Crippen LogP contribution in [0.15, 0.2) is 36.2 Å². The number of hydrogen-bond donors (Lipinski definition) is 0. The average Bonchev–Trinajstić information content (AvgIpc) is 2.75. The van der Waals surface area contributed by atoms with Crippen molar-refractivity contribution in [2.24, 2.45) is 11.8 Å². The molecule has 2 fully saturated rings. The Hall–Kier alpha value is -2.15. The maximum Gasteiger partial charge on any atom is 0.309 e. The second-order valence-corrected chi connectivity index (χ2v) is 8.64. The second-order valence-electron chi connectivity index (χ2n) is 8.64. The van der Waals surface area contributed by atoms with Crippen LogP contribution in [-0.4, -0.2) is 12.1 Å². The Morgan fingerprint density at radius 3 is 2.34 bits per heavy atom. The molecule has 1 aromatic carbocycles. The number of esters is 1. The topological polar surface area (TPSA) is 50.1 Å². The van der Waals surface area contributed by atoms with Crippen LogP contribution < -0.4 is 0 Å². The van der Waals surface area contributed by atoms with E-state index in [1.165, 1.54) is 29.7 Å². The van der Waals surface area contributed by atoms with Gasteiger partial charge in [-0.3, -0.25) is 4.79 Å². The van der Waals surface area contributed by atoms with Crippen LogP contribution in [0.5, 0.6) is 0 Å². The van der Waals surface area contributed by atoms with Crippen molar-refractivity contribution in [2.75, 3.05) is 0 Å². The molecule has 2 saturated carbocycles. The van der Waals surface area contributed by atoms with Crippen molar-refractivity contribution >= 4 is 5.97 Å². The van der Waals surface area contributed by atoms with Gasteiger partial charge in [0.1, 0.15) is 12.2 Å². The molecular formula is C25H32FNO2. The summed E-state index contributed by atoms with van der Waals surface area (Å²) in [6.07, 6.45) is 10.7. The largest absolute Gasteiger partial charge is 0.462 e. The normalized spacial score (nSPS) is 27.8. The molecule has 0 saturated heterocycles. The van der Waals surface area contributed by atoms with Crippen LogP contribution in [-0.2, 0) is 16.0 Å². The van der Waals surface area contributed by atoms with Gasteiger partial charge < -0.3 is 4.74 Å². The maximum absolute atomic E-state index is 13.1. The third-order valence-electron chi connectivity index (χ3n) is 6.54. The molecule has 0 bridgehead atoms. The van der Waals surface area contributed by atoms with Gasteiger partial charge in [0.15, 0.2) is 5.83 Å². The van der Waals surface area contributed by atoms with Gasteiger partial charge in [-0.05, 0) is 86.8 Å². The van der Waals surface area contributed by atoms with Gasteiger partial charge in [0.25, 0.3) is 0 Å². The van der Waals surface area contributed by atoms with Crippen molar-refractivity contribution in [3.63, 3.8) is 0 Å². The van der Waals surface area contributed by atoms with Gasteiger partial charge in [-0.1, -0.05) is 37.6 Å². The lowest BCUT2D eigenvalue weighted by Gasteiger charge is -2.31. The lowest BCUT2D eigenvalue weighted by molar-refractivity contribution is -0.157. The Balaban J connectivity index is 1.41.